The van der Waals surface area contributed by atoms with Gasteiger partial charge in [-0.1, -0.05) is 0 Å². The highest BCUT2D eigenvalue weighted by molar-refractivity contribution is 5.91. The molecule has 4 nitrogen and oxygen atoms in total. The van der Waals surface area contributed by atoms with Crippen molar-refractivity contribution in [3.8, 4) is 5.75 Å². The molecule has 0 atom stereocenters. The first-order valence-corrected chi connectivity index (χ1v) is 3.53. The molecule has 0 aliphatic rings. The van der Waals surface area contributed by atoms with Crippen molar-refractivity contribution < 1.29 is 23.4 Å². The highest BCUT2D eigenvalue weighted by Gasteiger charge is 2.22. The Bertz CT molecular complexity index is 393. The maximum Gasteiger partial charge on any atom is 0.343 e. The van der Waals surface area contributed by atoms with E-state index in [1.54, 1.807) is 0 Å². The second-order valence-corrected chi connectivity index (χ2v) is 2.47. The lowest BCUT2D eigenvalue weighted by Gasteiger charge is -2.06. The third kappa shape index (κ3) is 1.46. The topological polar surface area (TPSA) is 72.5 Å². The minimum atomic E-state index is -1.32. The summed E-state index contributed by atoms with van der Waals surface area (Å²) in [6.45, 7) is 0. The molecule has 0 radical (unpaired) electrons. The third-order valence-electron chi connectivity index (χ3n) is 1.62. The Labute approximate surface area is 77.9 Å². The van der Waals surface area contributed by atoms with Crippen LogP contribution in [0.1, 0.15) is 10.4 Å². The van der Waals surface area contributed by atoms with Crippen LogP contribution in [0.5, 0.6) is 5.75 Å². The zero-order valence-electron chi connectivity index (χ0n) is 7.17. The van der Waals surface area contributed by atoms with Gasteiger partial charge < -0.3 is 15.6 Å². The maximum atomic E-state index is 13.1. The third-order valence-corrected chi connectivity index (χ3v) is 1.62. The molecule has 0 aliphatic heterocycles. The lowest BCUT2D eigenvalue weighted by Crippen LogP contribution is -2.09. The lowest BCUT2D eigenvalue weighted by molar-refractivity contribution is 0.0590. The Morgan fingerprint density at radius 2 is 2.14 bits per heavy atom. The molecule has 0 saturated heterocycles. The second-order valence-electron chi connectivity index (χ2n) is 2.47. The molecule has 0 unspecified atom stereocenters. The van der Waals surface area contributed by atoms with Gasteiger partial charge in [0.05, 0.1) is 7.11 Å². The molecule has 0 aromatic heterocycles. The number of benzene rings is 1. The summed E-state index contributed by atoms with van der Waals surface area (Å²) in [6.07, 6.45) is 0. The van der Waals surface area contributed by atoms with E-state index in [4.69, 9.17) is 10.8 Å². The number of carbonyl (C=O) groups excluding carboxylic acids is 1. The monoisotopic (exact) mass is 203 g/mol. The van der Waals surface area contributed by atoms with E-state index in [0.29, 0.717) is 6.07 Å². The van der Waals surface area contributed by atoms with Crippen LogP contribution in [0.15, 0.2) is 6.07 Å². The fourth-order valence-electron chi connectivity index (χ4n) is 0.911. The summed E-state index contributed by atoms with van der Waals surface area (Å²) in [6, 6.07) is 0.546. The van der Waals surface area contributed by atoms with Crippen LogP contribution >= 0.6 is 0 Å². The van der Waals surface area contributed by atoms with E-state index in [2.05, 4.69) is 4.74 Å². The van der Waals surface area contributed by atoms with Crippen LogP contribution in [0.2, 0.25) is 0 Å². The smallest absolute Gasteiger partial charge is 0.343 e. The summed E-state index contributed by atoms with van der Waals surface area (Å²) in [5, 5.41) is 8.90. The molecule has 0 saturated carbocycles. The number of aromatic hydroxyl groups is 1. The number of esters is 1. The first kappa shape index (κ1) is 10.2. The number of hydrogen-bond acceptors (Lipinski definition) is 4. The Morgan fingerprint density at radius 3 is 2.64 bits per heavy atom. The lowest BCUT2D eigenvalue weighted by atomic mass is 10.1. The number of hydrogen-bond donors (Lipinski definition) is 2. The standard InChI is InChI=1S/C8H7F2NO3/c1-14-8(13)5-3(9)2-4(12)7(11)6(5)10/h2,12H,11H2,1H3. The molecule has 14 heavy (non-hydrogen) atoms. The van der Waals surface area contributed by atoms with Crippen molar-refractivity contribution in [2.75, 3.05) is 12.8 Å². The average molecular weight is 203 g/mol. The molecule has 0 spiro atoms. The van der Waals surface area contributed by atoms with Crippen molar-refractivity contribution in [2.24, 2.45) is 0 Å². The summed E-state index contributed by atoms with van der Waals surface area (Å²) in [5.41, 5.74) is 3.44. The predicted molar refractivity (Wildman–Crippen MR) is 43.8 cm³/mol. The molecule has 1 aromatic carbocycles. The number of ether oxygens (including phenoxy) is 1. The number of methoxy groups -OCH3 is 1. The second kappa shape index (κ2) is 3.49. The minimum Gasteiger partial charge on any atom is -0.506 e. The van der Waals surface area contributed by atoms with Crippen molar-refractivity contribution >= 4 is 11.7 Å². The van der Waals surface area contributed by atoms with E-state index in [-0.39, 0.29) is 0 Å². The van der Waals surface area contributed by atoms with E-state index in [1.807, 2.05) is 0 Å². The van der Waals surface area contributed by atoms with Gasteiger partial charge in [0, 0.05) is 6.07 Å². The number of carbonyl (C=O) groups is 1. The van der Waals surface area contributed by atoms with Crippen molar-refractivity contribution in [2.45, 2.75) is 0 Å². The van der Waals surface area contributed by atoms with Gasteiger partial charge in [-0.05, 0) is 0 Å². The van der Waals surface area contributed by atoms with Gasteiger partial charge in [0.15, 0.2) is 5.82 Å². The van der Waals surface area contributed by atoms with Crippen molar-refractivity contribution in [1.29, 1.82) is 0 Å². The van der Waals surface area contributed by atoms with E-state index < -0.39 is 34.6 Å². The Kier molecular flexibility index (Phi) is 2.55. The number of anilines is 1. The maximum absolute atomic E-state index is 13.1. The number of nitrogens with two attached hydrogens (primary N) is 1. The summed E-state index contributed by atoms with van der Waals surface area (Å²) < 4.78 is 30.2. The number of nitrogen functional groups attached to an aromatic ring is 1. The van der Waals surface area contributed by atoms with Gasteiger partial charge in [0.25, 0.3) is 0 Å². The number of phenols is 1. The number of halogens is 2. The van der Waals surface area contributed by atoms with E-state index in [1.165, 1.54) is 0 Å². The zero-order valence-corrected chi connectivity index (χ0v) is 7.17. The van der Waals surface area contributed by atoms with Gasteiger partial charge in [0.2, 0.25) is 0 Å². The first-order chi connectivity index (χ1) is 6.49. The van der Waals surface area contributed by atoms with E-state index in [0.717, 1.165) is 7.11 Å². The van der Waals surface area contributed by atoms with Gasteiger partial charge >= 0.3 is 5.97 Å². The predicted octanol–water partition coefficient (Wildman–Crippen LogP) is 1.04. The molecule has 1 rings (SSSR count). The Balaban J connectivity index is 3.44. The Hall–Kier alpha value is -1.85. The first-order valence-electron chi connectivity index (χ1n) is 3.53. The van der Waals surface area contributed by atoms with E-state index in [9.17, 15) is 13.6 Å². The molecule has 6 heteroatoms. The molecule has 1 aromatic rings. The van der Waals surface area contributed by atoms with Crippen LogP contribution in [-0.4, -0.2) is 18.2 Å². The SMILES string of the molecule is COC(=O)c1c(F)cc(O)c(N)c1F. The van der Waals surface area contributed by atoms with Crippen LogP contribution in [-0.2, 0) is 4.74 Å². The molecule has 3 N–H and O–H groups in total. The fourth-order valence-corrected chi connectivity index (χ4v) is 0.911. The summed E-state index contributed by atoms with van der Waals surface area (Å²) in [7, 11) is 0.976. The van der Waals surface area contributed by atoms with Crippen molar-refractivity contribution in [3.63, 3.8) is 0 Å². The summed E-state index contributed by atoms with van der Waals surface area (Å²) in [4.78, 5) is 10.9. The van der Waals surface area contributed by atoms with Gasteiger partial charge in [-0.15, -0.1) is 0 Å². The van der Waals surface area contributed by atoms with Gasteiger partial charge in [-0.2, -0.15) is 0 Å². The van der Waals surface area contributed by atoms with Crippen LogP contribution in [0, 0.1) is 11.6 Å². The van der Waals surface area contributed by atoms with Crippen molar-refractivity contribution in [3.05, 3.63) is 23.3 Å². The van der Waals surface area contributed by atoms with Gasteiger partial charge in [0.1, 0.15) is 22.8 Å². The molecule has 0 heterocycles. The Morgan fingerprint density at radius 1 is 1.57 bits per heavy atom. The quantitative estimate of drug-likeness (QED) is 0.406. The molecule has 0 amide bonds. The molecule has 0 fully saturated rings. The van der Waals surface area contributed by atoms with Gasteiger partial charge in [-0.25, -0.2) is 13.6 Å². The van der Waals surface area contributed by atoms with Crippen LogP contribution in [0.25, 0.3) is 0 Å². The molecule has 76 valence electrons. The van der Waals surface area contributed by atoms with Crippen LogP contribution < -0.4 is 5.73 Å². The number of phenolic OH excluding ortho intramolecular Hbond substituents is 1. The molecular formula is C8H7F2NO3. The zero-order chi connectivity index (χ0) is 10.9. The highest BCUT2D eigenvalue weighted by Crippen LogP contribution is 2.28. The minimum absolute atomic E-state index is 0.546. The fraction of sp³-hybridized carbons (Fsp3) is 0.125. The summed E-state index contributed by atoms with van der Waals surface area (Å²) >= 11 is 0. The molecule has 0 bridgehead atoms. The van der Waals surface area contributed by atoms with Crippen LogP contribution in [0.4, 0.5) is 14.5 Å². The highest BCUT2D eigenvalue weighted by atomic mass is 19.1. The van der Waals surface area contributed by atoms with E-state index >= 15 is 0 Å². The average Bonchev–Trinajstić information content (AvgIpc) is 2.14. The number of rotatable bonds is 1. The van der Waals surface area contributed by atoms with Crippen molar-refractivity contribution in [1.82, 2.24) is 0 Å². The summed E-state index contributed by atoms with van der Waals surface area (Å²) in [5.74, 6) is -4.49. The van der Waals surface area contributed by atoms with Gasteiger partial charge in [-0.3, -0.25) is 0 Å². The largest absolute Gasteiger partial charge is 0.506 e. The molecule has 0 aliphatic carbocycles. The normalized spacial score (nSPS) is 9.93. The molecular weight excluding hydrogens is 196 g/mol. The van der Waals surface area contributed by atoms with Crippen LogP contribution in [0.3, 0.4) is 0 Å².